The second kappa shape index (κ2) is 6.07. The Hall–Kier alpha value is -2.54. The summed E-state index contributed by atoms with van der Waals surface area (Å²) in [7, 11) is 0. The van der Waals surface area contributed by atoms with E-state index >= 15 is 0 Å². The predicted molar refractivity (Wildman–Crippen MR) is 92.0 cm³/mol. The molecule has 0 atom stereocenters. The molecule has 110 valence electrons. The van der Waals surface area contributed by atoms with Gasteiger partial charge in [-0.05, 0) is 42.7 Å². The Morgan fingerprint density at radius 3 is 1.68 bits per heavy atom. The largest absolute Gasteiger partial charge is 0.483 e. The molecule has 0 N–H and O–H groups in total. The maximum absolute atomic E-state index is 6.13. The Labute approximate surface area is 132 Å². The minimum atomic E-state index is -0.365. The van der Waals surface area contributed by atoms with Gasteiger partial charge in [0.2, 0.25) is 0 Å². The van der Waals surface area contributed by atoms with Crippen molar-refractivity contribution in [2.45, 2.75) is 19.4 Å². The fourth-order valence-corrected chi connectivity index (χ4v) is 2.54. The van der Waals surface area contributed by atoms with E-state index in [2.05, 4.69) is 62.4 Å². The third-order valence-electron chi connectivity index (χ3n) is 3.80. The monoisotopic (exact) mass is 288 g/mol. The number of ether oxygens (including phenoxy) is 1. The van der Waals surface area contributed by atoms with Crippen molar-refractivity contribution in [3.8, 4) is 16.9 Å². The van der Waals surface area contributed by atoms with Crippen LogP contribution in [0.2, 0.25) is 0 Å². The van der Waals surface area contributed by atoms with E-state index in [9.17, 15) is 0 Å². The lowest BCUT2D eigenvalue weighted by molar-refractivity contribution is 0.109. The molecule has 0 spiro atoms. The van der Waals surface area contributed by atoms with Crippen molar-refractivity contribution in [3.63, 3.8) is 0 Å². The number of rotatable bonds is 4. The second-order valence-corrected chi connectivity index (χ2v) is 5.87. The highest BCUT2D eigenvalue weighted by atomic mass is 16.5. The van der Waals surface area contributed by atoms with Gasteiger partial charge in [-0.3, -0.25) is 0 Å². The zero-order valence-electron chi connectivity index (χ0n) is 13.0. The van der Waals surface area contributed by atoms with Gasteiger partial charge in [-0.15, -0.1) is 0 Å². The van der Waals surface area contributed by atoms with Crippen molar-refractivity contribution in [1.82, 2.24) is 0 Å². The summed E-state index contributed by atoms with van der Waals surface area (Å²) < 4.78 is 6.13. The summed E-state index contributed by atoms with van der Waals surface area (Å²) in [5.74, 6) is 0.889. The van der Waals surface area contributed by atoms with E-state index in [1.54, 1.807) is 0 Å². The molecule has 0 aliphatic rings. The zero-order valence-corrected chi connectivity index (χ0v) is 13.0. The standard InChI is InChI=1S/C21H20O/c1-21(2,22-20-11-7-4-8-12-20)19-15-13-18(14-16-19)17-9-5-3-6-10-17/h3-16H,1-2H3. The maximum atomic E-state index is 6.13. The molecule has 0 aliphatic heterocycles. The van der Waals surface area contributed by atoms with Crippen LogP contribution >= 0.6 is 0 Å². The van der Waals surface area contributed by atoms with E-state index in [-0.39, 0.29) is 5.60 Å². The normalized spacial score (nSPS) is 11.2. The molecule has 0 saturated carbocycles. The van der Waals surface area contributed by atoms with E-state index in [4.69, 9.17) is 4.74 Å². The summed E-state index contributed by atoms with van der Waals surface area (Å²) in [6.45, 7) is 4.19. The summed E-state index contributed by atoms with van der Waals surface area (Å²) in [6, 6.07) is 29.0. The molecule has 0 amide bonds. The first-order chi connectivity index (χ1) is 10.6. The van der Waals surface area contributed by atoms with Crippen LogP contribution in [0, 0.1) is 0 Å². The van der Waals surface area contributed by atoms with Gasteiger partial charge in [0.1, 0.15) is 11.4 Å². The average Bonchev–Trinajstić information content (AvgIpc) is 2.56. The van der Waals surface area contributed by atoms with Crippen LogP contribution in [-0.4, -0.2) is 0 Å². The van der Waals surface area contributed by atoms with Crippen LogP contribution in [0.25, 0.3) is 11.1 Å². The van der Waals surface area contributed by atoms with Crippen molar-refractivity contribution < 1.29 is 4.74 Å². The highest BCUT2D eigenvalue weighted by molar-refractivity contribution is 5.63. The minimum Gasteiger partial charge on any atom is -0.483 e. The van der Waals surface area contributed by atoms with E-state index in [0.29, 0.717) is 0 Å². The molecule has 0 fully saturated rings. The predicted octanol–water partition coefficient (Wildman–Crippen LogP) is 5.67. The van der Waals surface area contributed by atoms with Gasteiger partial charge in [0, 0.05) is 0 Å². The van der Waals surface area contributed by atoms with Gasteiger partial charge in [-0.25, -0.2) is 0 Å². The van der Waals surface area contributed by atoms with Crippen LogP contribution in [-0.2, 0) is 5.60 Å². The van der Waals surface area contributed by atoms with Crippen LogP contribution < -0.4 is 4.74 Å². The van der Waals surface area contributed by atoms with Crippen molar-refractivity contribution in [1.29, 1.82) is 0 Å². The Kier molecular flexibility index (Phi) is 3.97. The minimum absolute atomic E-state index is 0.365. The lowest BCUT2D eigenvalue weighted by atomic mass is 9.95. The molecule has 0 saturated heterocycles. The Morgan fingerprint density at radius 2 is 1.09 bits per heavy atom. The molecule has 0 unspecified atom stereocenters. The lowest BCUT2D eigenvalue weighted by Crippen LogP contribution is -2.25. The average molecular weight is 288 g/mol. The van der Waals surface area contributed by atoms with E-state index < -0.39 is 0 Å². The van der Waals surface area contributed by atoms with E-state index in [1.807, 2.05) is 36.4 Å². The highest BCUT2D eigenvalue weighted by Crippen LogP contribution is 2.29. The van der Waals surface area contributed by atoms with Crippen LogP contribution in [0.1, 0.15) is 19.4 Å². The molecule has 0 heterocycles. The molecular weight excluding hydrogens is 268 g/mol. The van der Waals surface area contributed by atoms with Crippen molar-refractivity contribution in [2.75, 3.05) is 0 Å². The third-order valence-corrected chi connectivity index (χ3v) is 3.80. The summed E-state index contributed by atoms with van der Waals surface area (Å²) in [5, 5.41) is 0. The molecular formula is C21H20O. The van der Waals surface area contributed by atoms with Crippen LogP contribution in [0.3, 0.4) is 0 Å². The lowest BCUT2D eigenvalue weighted by Gasteiger charge is -2.27. The van der Waals surface area contributed by atoms with Crippen LogP contribution in [0.15, 0.2) is 84.9 Å². The first-order valence-corrected chi connectivity index (χ1v) is 7.55. The number of benzene rings is 3. The topological polar surface area (TPSA) is 9.23 Å². The van der Waals surface area contributed by atoms with Gasteiger partial charge in [-0.2, -0.15) is 0 Å². The molecule has 22 heavy (non-hydrogen) atoms. The molecule has 1 heteroatoms. The second-order valence-electron chi connectivity index (χ2n) is 5.87. The molecule has 0 aromatic heterocycles. The fourth-order valence-electron chi connectivity index (χ4n) is 2.54. The van der Waals surface area contributed by atoms with E-state index in [0.717, 1.165) is 11.3 Å². The molecule has 3 aromatic carbocycles. The summed E-state index contributed by atoms with van der Waals surface area (Å²) >= 11 is 0. The Balaban J connectivity index is 1.82. The molecule has 0 bridgehead atoms. The molecule has 3 rings (SSSR count). The maximum Gasteiger partial charge on any atom is 0.128 e. The van der Waals surface area contributed by atoms with E-state index in [1.165, 1.54) is 11.1 Å². The van der Waals surface area contributed by atoms with Gasteiger partial charge >= 0.3 is 0 Å². The zero-order chi connectivity index (χ0) is 15.4. The fraction of sp³-hybridized carbons (Fsp3) is 0.143. The van der Waals surface area contributed by atoms with Crippen molar-refractivity contribution in [3.05, 3.63) is 90.5 Å². The van der Waals surface area contributed by atoms with Gasteiger partial charge in [0.15, 0.2) is 0 Å². The Morgan fingerprint density at radius 1 is 0.591 bits per heavy atom. The smallest absolute Gasteiger partial charge is 0.128 e. The first-order valence-electron chi connectivity index (χ1n) is 7.55. The van der Waals surface area contributed by atoms with Gasteiger partial charge in [0.25, 0.3) is 0 Å². The molecule has 1 nitrogen and oxygen atoms in total. The van der Waals surface area contributed by atoms with Crippen LogP contribution in [0.4, 0.5) is 0 Å². The number of para-hydroxylation sites is 1. The van der Waals surface area contributed by atoms with Crippen molar-refractivity contribution >= 4 is 0 Å². The van der Waals surface area contributed by atoms with Crippen molar-refractivity contribution in [2.24, 2.45) is 0 Å². The summed E-state index contributed by atoms with van der Waals surface area (Å²) in [4.78, 5) is 0. The SMILES string of the molecule is CC(C)(Oc1ccccc1)c1ccc(-c2ccccc2)cc1. The summed E-state index contributed by atoms with van der Waals surface area (Å²) in [6.07, 6.45) is 0. The number of hydrogen-bond donors (Lipinski definition) is 0. The first kappa shape index (κ1) is 14.4. The van der Waals surface area contributed by atoms with Gasteiger partial charge < -0.3 is 4.74 Å². The van der Waals surface area contributed by atoms with Gasteiger partial charge in [0.05, 0.1) is 0 Å². The van der Waals surface area contributed by atoms with Gasteiger partial charge in [-0.1, -0.05) is 72.8 Å². The van der Waals surface area contributed by atoms with Crippen LogP contribution in [0.5, 0.6) is 5.75 Å². The summed E-state index contributed by atoms with van der Waals surface area (Å²) in [5.41, 5.74) is 3.25. The molecule has 0 aliphatic carbocycles. The number of hydrogen-bond acceptors (Lipinski definition) is 1. The third kappa shape index (κ3) is 3.20. The molecule has 3 aromatic rings. The molecule has 0 radical (unpaired) electrons. The quantitative estimate of drug-likeness (QED) is 0.601. The Bertz CT molecular complexity index is 713. The highest BCUT2D eigenvalue weighted by Gasteiger charge is 2.22.